The summed E-state index contributed by atoms with van der Waals surface area (Å²) in [6.45, 7) is 4.83. The van der Waals surface area contributed by atoms with Crippen LogP contribution in [0.5, 0.6) is 0 Å². The van der Waals surface area contributed by atoms with Crippen LogP contribution in [0.1, 0.15) is 11.1 Å². The molecule has 0 saturated heterocycles. The molecule has 1 aromatic rings. The Balaban J connectivity index is 2.02. The van der Waals surface area contributed by atoms with E-state index in [0.29, 0.717) is 0 Å². The molecule has 1 aliphatic rings. The molecule has 0 unspecified atom stereocenters. The van der Waals surface area contributed by atoms with Gasteiger partial charge in [0.25, 0.3) is 0 Å². The summed E-state index contributed by atoms with van der Waals surface area (Å²) in [5, 5.41) is 3.36. The van der Waals surface area contributed by atoms with Gasteiger partial charge in [0.1, 0.15) is 0 Å². The predicted molar refractivity (Wildman–Crippen MR) is 70.7 cm³/mol. The number of hydrogen-bond acceptors (Lipinski definition) is 3. The summed E-state index contributed by atoms with van der Waals surface area (Å²) in [4.78, 5) is 6.54. The highest BCUT2D eigenvalue weighted by Gasteiger charge is 2.11. The van der Waals surface area contributed by atoms with Gasteiger partial charge in [0.15, 0.2) is 5.96 Å². The summed E-state index contributed by atoms with van der Waals surface area (Å²) in [5.74, 6) is 0.994. The van der Waals surface area contributed by atoms with Gasteiger partial charge in [-0.1, -0.05) is 33.6 Å². The number of benzene rings is 1. The Labute approximate surface area is 105 Å². The van der Waals surface area contributed by atoms with Gasteiger partial charge in [-0.3, -0.25) is 4.99 Å². The molecule has 1 N–H and O–H groups in total. The summed E-state index contributed by atoms with van der Waals surface area (Å²) >= 11 is 3.56. The molecule has 16 heavy (non-hydrogen) atoms. The number of nitrogens with one attached hydrogen (secondary N) is 1. The van der Waals surface area contributed by atoms with E-state index in [0.717, 1.165) is 30.1 Å². The lowest BCUT2D eigenvalue weighted by Gasteiger charge is -2.16. The Morgan fingerprint density at radius 3 is 3.00 bits per heavy atom. The predicted octanol–water partition coefficient (Wildman–Crippen LogP) is 2.15. The van der Waals surface area contributed by atoms with Crippen molar-refractivity contribution in [2.45, 2.75) is 13.5 Å². The number of likely N-dealkylation sites (N-methyl/N-ethyl adjacent to an activating group) is 1. The van der Waals surface area contributed by atoms with Crippen LogP contribution in [0.4, 0.5) is 0 Å². The average Bonchev–Trinajstić information content (AvgIpc) is 2.66. The van der Waals surface area contributed by atoms with E-state index >= 15 is 0 Å². The second-order valence-corrected chi connectivity index (χ2v) is 4.93. The van der Waals surface area contributed by atoms with E-state index in [2.05, 4.69) is 63.3 Å². The third-order valence-electron chi connectivity index (χ3n) is 2.70. The van der Waals surface area contributed by atoms with Crippen molar-refractivity contribution in [3.63, 3.8) is 0 Å². The second-order valence-electron chi connectivity index (χ2n) is 4.08. The maximum Gasteiger partial charge on any atom is 0.194 e. The van der Waals surface area contributed by atoms with Crippen molar-refractivity contribution in [1.82, 2.24) is 10.2 Å². The number of halogens is 1. The molecule has 0 bridgehead atoms. The van der Waals surface area contributed by atoms with Gasteiger partial charge in [0, 0.05) is 24.6 Å². The smallest absolute Gasteiger partial charge is 0.194 e. The minimum atomic E-state index is 0.811. The first kappa shape index (κ1) is 11.5. The quantitative estimate of drug-likeness (QED) is 0.900. The van der Waals surface area contributed by atoms with Crippen LogP contribution in [0, 0.1) is 6.92 Å². The van der Waals surface area contributed by atoms with Crippen LogP contribution >= 0.6 is 15.9 Å². The number of hydrogen-bond donors (Lipinski definition) is 1. The number of nitrogens with zero attached hydrogens (tertiary/aromatic N) is 2. The maximum absolute atomic E-state index is 4.40. The summed E-state index contributed by atoms with van der Waals surface area (Å²) in [6, 6.07) is 6.38. The molecule has 0 radical (unpaired) electrons. The van der Waals surface area contributed by atoms with Crippen LogP contribution in [0.15, 0.2) is 27.7 Å². The normalized spacial score (nSPS) is 15.2. The molecule has 2 rings (SSSR count). The number of rotatable bonds is 2. The van der Waals surface area contributed by atoms with Gasteiger partial charge in [0.05, 0.1) is 6.54 Å². The van der Waals surface area contributed by atoms with Crippen LogP contribution in [0.3, 0.4) is 0 Å². The number of aliphatic imine (C=N–C) groups is 1. The first-order chi connectivity index (χ1) is 7.66. The van der Waals surface area contributed by atoms with Gasteiger partial charge in [-0.25, -0.2) is 0 Å². The fourth-order valence-corrected chi connectivity index (χ4v) is 2.12. The van der Waals surface area contributed by atoms with Crippen molar-refractivity contribution in [3.8, 4) is 0 Å². The second kappa shape index (κ2) is 4.87. The molecule has 86 valence electrons. The van der Waals surface area contributed by atoms with Crippen molar-refractivity contribution in [2.24, 2.45) is 4.99 Å². The van der Waals surface area contributed by atoms with Gasteiger partial charge in [-0.2, -0.15) is 0 Å². The van der Waals surface area contributed by atoms with E-state index in [-0.39, 0.29) is 0 Å². The lowest BCUT2D eigenvalue weighted by atomic mass is 10.1. The van der Waals surface area contributed by atoms with E-state index in [1.807, 2.05) is 0 Å². The summed E-state index contributed by atoms with van der Waals surface area (Å²) in [5.41, 5.74) is 2.55. The third kappa shape index (κ3) is 2.55. The Bertz CT molecular complexity index is 415. The van der Waals surface area contributed by atoms with Crippen LogP contribution in [0.2, 0.25) is 0 Å². The van der Waals surface area contributed by atoms with Crippen LogP contribution in [0.25, 0.3) is 0 Å². The van der Waals surface area contributed by atoms with Crippen LogP contribution in [-0.4, -0.2) is 31.0 Å². The van der Waals surface area contributed by atoms with Crippen molar-refractivity contribution >= 4 is 21.9 Å². The summed E-state index contributed by atoms with van der Waals surface area (Å²) in [7, 11) is 2.06. The molecule has 0 amide bonds. The van der Waals surface area contributed by atoms with Gasteiger partial charge >= 0.3 is 0 Å². The molecule has 0 fully saturated rings. The van der Waals surface area contributed by atoms with E-state index in [9.17, 15) is 0 Å². The summed E-state index contributed by atoms with van der Waals surface area (Å²) in [6.07, 6.45) is 0. The minimum Gasteiger partial charge on any atom is -0.352 e. The van der Waals surface area contributed by atoms with Crippen LogP contribution < -0.4 is 5.32 Å². The van der Waals surface area contributed by atoms with E-state index in [1.54, 1.807) is 0 Å². The molecule has 4 heteroatoms. The number of aryl methyl sites for hydroxylation is 1. The molecule has 3 nitrogen and oxygen atoms in total. The van der Waals surface area contributed by atoms with Crippen molar-refractivity contribution in [2.75, 3.05) is 20.1 Å². The lowest BCUT2D eigenvalue weighted by Crippen LogP contribution is -2.35. The number of guanidine groups is 1. The fourth-order valence-electron chi connectivity index (χ4n) is 1.74. The van der Waals surface area contributed by atoms with Gasteiger partial charge in [0.2, 0.25) is 0 Å². The Hall–Kier alpha value is -1.03. The van der Waals surface area contributed by atoms with Crippen molar-refractivity contribution in [3.05, 3.63) is 33.8 Å². The standard InChI is InChI=1S/C12H16BrN3/c1-9-3-4-11(13)10(7-9)8-15-12-14-5-6-16(12)2/h3-4,7H,5-6,8H2,1-2H3,(H,14,15). The SMILES string of the molecule is Cc1ccc(Br)c(CNC2=NCCN2C)c1. The molecule has 0 aliphatic carbocycles. The highest BCUT2D eigenvalue weighted by atomic mass is 79.9. The maximum atomic E-state index is 4.40. The molecule has 0 aromatic heterocycles. The molecular weight excluding hydrogens is 266 g/mol. The molecular formula is C12H16BrN3. The monoisotopic (exact) mass is 281 g/mol. The summed E-state index contributed by atoms with van der Waals surface area (Å²) < 4.78 is 1.15. The largest absolute Gasteiger partial charge is 0.352 e. The van der Waals surface area contributed by atoms with Gasteiger partial charge in [-0.15, -0.1) is 0 Å². The van der Waals surface area contributed by atoms with E-state index < -0.39 is 0 Å². The third-order valence-corrected chi connectivity index (χ3v) is 3.47. The zero-order chi connectivity index (χ0) is 11.5. The molecule has 1 heterocycles. The molecule has 0 spiro atoms. The van der Waals surface area contributed by atoms with Crippen molar-refractivity contribution < 1.29 is 0 Å². The molecule has 0 saturated carbocycles. The lowest BCUT2D eigenvalue weighted by molar-refractivity contribution is 0.534. The average molecular weight is 282 g/mol. The van der Waals surface area contributed by atoms with Crippen molar-refractivity contribution in [1.29, 1.82) is 0 Å². The molecule has 1 aliphatic heterocycles. The molecule has 1 aromatic carbocycles. The first-order valence-electron chi connectivity index (χ1n) is 5.41. The zero-order valence-corrected chi connectivity index (χ0v) is 11.2. The topological polar surface area (TPSA) is 27.6 Å². The Morgan fingerprint density at radius 1 is 1.50 bits per heavy atom. The first-order valence-corrected chi connectivity index (χ1v) is 6.20. The Kier molecular flexibility index (Phi) is 3.49. The highest BCUT2D eigenvalue weighted by Crippen LogP contribution is 2.17. The molecule has 0 atom stereocenters. The Morgan fingerprint density at radius 2 is 2.31 bits per heavy atom. The zero-order valence-electron chi connectivity index (χ0n) is 9.63. The van der Waals surface area contributed by atoms with Crippen LogP contribution in [-0.2, 0) is 6.54 Å². The fraction of sp³-hybridized carbons (Fsp3) is 0.417. The minimum absolute atomic E-state index is 0.811. The van der Waals surface area contributed by atoms with E-state index in [4.69, 9.17) is 0 Å². The van der Waals surface area contributed by atoms with E-state index in [1.165, 1.54) is 11.1 Å². The van der Waals surface area contributed by atoms with Gasteiger partial charge in [-0.05, 0) is 18.6 Å². The highest BCUT2D eigenvalue weighted by molar-refractivity contribution is 9.10. The van der Waals surface area contributed by atoms with Gasteiger partial charge < -0.3 is 10.2 Å².